The fourth-order valence-corrected chi connectivity index (χ4v) is 4.70. The Balaban J connectivity index is 1.49. The number of benzene rings is 1. The van der Waals surface area contributed by atoms with Gasteiger partial charge in [-0.1, -0.05) is 15.9 Å². The molecule has 27 heavy (non-hydrogen) atoms. The van der Waals surface area contributed by atoms with E-state index in [1.807, 2.05) is 6.92 Å². The predicted octanol–water partition coefficient (Wildman–Crippen LogP) is 2.09. The van der Waals surface area contributed by atoms with Gasteiger partial charge in [-0.3, -0.25) is 9.69 Å². The Labute approximate surface area is 167 Å². The number of hydrogen-bond donors (Lipinski definition) is 1. The van der Waals surface area contributed by atoms with Gasteiger partial charge in [-0.25, -0.2) is 8.42 Å². The van der Waals surface area contributed by atoms with Crippen LogP contribution in [0.1, 0.15) is 16.1 Å². The fourth-order valence-electron chi connectivity index (χ4n) is 2.94. The monoisotopic (exact) mass is 455 g/mol. The van der Waals surface area contributed by atoms with Crippen LogP contribution in [0.3, 0.4) is 0 Å². The lowest BCUT2D eigenvalue weighted by Gasteiger charge is -2.34. The van der Waals surface area contributed by atoms with Gasteiger partial charge in [0.05, 0.1) is 11.2 Å². The number of halogens is 1. The van der Waals surface area contributed by atoms with Crippen molar-refractivity contribution >= 4 is 31.9 Å². The second-order valence-corrected chi connectivity index (χ2v) is 9.18. The largest absolute Gasteiger partial charge is 0.459 e. The van der Waals surface area contributed by atoms with E-state index >= 15 is 0 Å². The summed E-state index contributed by atoms with van der Waals surface area (Å²) in [6, 6.07) is 8.36. The summed E-state index contributed by atoms with van der Waals surface area (Å²) in [6.45, 7) is 5.15. The molecule has 9 heteroatoms. The number of furan rings is 1. The number of amides is 1. The molecule has 1 N–H and O–H groups in total. The SMILES string of the molecule is Cc1cc(S(=O)(=O)N2CCN(CCNC(=O)c3ccco3)CC2)ccc1Br. The number of sulfonamides is 1. The molecule has 1 aliphatic rings. The van der Waals surface area contributed by atoms with Gasteiger partial charge in [-0.05, 0) is 42.8 Å². The number of rotatable bonds is 6. The number of nitrogens with zero attached hydrogens (tertiary/aromatic N) is 2. The van der Waals surface area contributed by atoms with Gasteiger partial charge in [-0.15, -0.1) is 0 Å². The number of hydrogen-bond acceptors (Lipinski definition) is 5. The van der Waals surface area contributed by atoms with Gasteiger partial charge in [-0.2, -0.15) is 4.31 Å². The first-order valence-electron chi connectivity index (χ1n) is 8.68. The second kappa shape index (κ2) is 8.55. The van der Waals surface area contributed by atoms with Crippen LogP contribution in [0.5, 0.6) is 0 Å². The maximum absolute atomic E-state index is 12.8. The van der Waals surface area contributed by atoms with Crippen molar-refractivity contribution in [2.45, 2.75) is 11.8 Å². The standard InChI is InChI=1S/C18H22BrN3O4S/c1-14-13-15(4-5-16(14)19)27(24,25)22-10-8-21(9-11-22)7-6-20-18(23)17-3-2-12-26-17/h2-5,12-13H,6-11H2,1H3,(H,20,23). The van der Waals surface area contributed by atoms with Gasteiger partial charge in [0.25, 0.3) is 5.91 Å². The summed E-state index contributed by atoms with van der Waals surface area (Å²) in [6.07, 6.45) is 1.46. The zero-order chi connectivity index (χ0) is 19.4. The van der Waals surface area contributed by atoms with Gasteiger partial charge >= 0.3 is 0 Å². The van der Waals surface area contributed by atoms with Gasteiger partial charge in [0.15, 0.2) is 5.76 Å². The highest BCUT2D eigenvalue weighted by atomic mass is 79.9. The molecule has 1 aromatic heterocycles. The molecule has 7 nitrogen and oxygen atoms in total. The van der Waals surface area contributed by atoms with E-state index in [-0.39, 0.29) is 11.7 Å². The van der Waals surface area contributed by atoms with Crippen molar-refractivity contribution in [2.24, 2.45) is 0 Å². The Hall–Kier alpha value is -1.68. The minimum absolute atomic E-state index is 0.244. The van der Waals surface area contributed by atoms with Gasteiger partial charge < -0.3 is 9.73 Å². The third-order valence-corrected chi connectivity index (χ3v) is 7.34. The molecule has 0 spiro atoms. The number of carbonyl (C=O) groups is 1. The van der Waals surface area contributed by atoms with E-state index in [1.165, 1.54) is 10.6 Å². The summed E-state index contributed by atoms with van der Waals surface area (Å²) in [5, 5.41) is 2.80. The van der Waals surface area contributed by atoms with Gasteiger partial charge in [0.2, 0.25) is 10.0 Å². The first-order chi connectivity index (χ1) is 12.9. The van der Waals surface area contributed by atoms with Crippen LogP contribution in [0.2, 0.25) is 0 Å². The lowest BCUT2D eigenvalue weighted by molar-refractivity contribution is 0.0917. The van der Waals surface area contributed by atoms with E-state index in [1.54, 1.807) is 30.3 Å². The molecule has 1 fully saturated rings. The van der Waals surface area contributed by atoms with Crippen LogP contribution < -0.4 is 5.32 Å². The van der Waals surface area contributed by atoms with Crippen LogP contribution in [-0.4, -0.2) is 62.8 Å². The van der Waals surface area contributed by atoms with Crippen molar-refractivity contribution < 1.29 is 17.6 Å². The van der Waals surface area contributed by atoms with Gasteiger partial charge in [0.1, 0.15) is 0 Å². The van der Waals surface area contributed by atoms with E-state index in [9.17, 15) is 13.2 Å². The van der Waals surface area contributed by atoms with Gasteiger partial charge in [0, 0.05) is 43.7 Å². The van der Waals surface area contributed by atoms with E-state index in [0.717, 1.165) is 10.0 Å². The number of carbonyl (C=O) groups excluding carboxylic acids is 1. The summed E-state index contributed by atoms with van der Waals surface area (Å²) in [7, 11) is -3.48. The van der Waals surface area contributed by atoms with Crippen LogP contribution in [0.15, 0.2) is 50.4 Å². The lowest BCUT2D eigenvalue weighted by Crippen LogP contribution is -2.50. The zero-order valence-corrected chi connectivity index (χ0v) is 17.4. The minimum atomic E-state index is -3.48. The van der Waals surface area contributed by atoms with Crippen molar-refractivity contribution in [1.82, 2.24) is 14.5 Å². The molecule has 1 amide bonds. The summed E-state index contributed by atoms with van der Waals surface area (Å²) in [5.74, 6) is 0.0440. The van der Waals surface area contributed by atoms with E-state index in [2.05, 4.69) is 26.1 Å². The Morgan fingerprint density at radius 3 is 2.59 bits per heavy atom. The number of piperazine rings is 1. The first-order valence-corrected chi connectivity index (χ1v) is 10.9. The first kappa shape index (κ1) is 20.1. The molecule has 1 saturated heterocycles. The third kappa shape index (κ3) is 4.78. The third-order valence-electron chi connectivity index (χ3n) is 4.56. The van der Waals surface area contributed by atoms with Crippen LogP contribution in [-0.2, 0) is 10.0 Å². The highest BCUT2D eigenvalue weighted by Crippen LogP contribution is 2.23. The number of aryl methyl sites for hydroxylation is 1. The molecule has 0 unspecified atom stereocenters. The zero-order valence-electron chi connectivity index (χ0n) is 15.0. The molecule has 1 aliphatic heterocycles. The predicted molar refractivity (Wildman–Crippen MR) is 105 cm³/mol. The molecular formula is C18H22BrN3O4S. The molecule has 3 rings (SSSR count). The smallest absolute Gasteiger partial charge is 0.287 e. The van der Waals surface area contributed by atoms with Crippen molar-refractivity contribution in [2.75, 3.05) is 39.3 Å². The average Bonchev–Trinajstić information content (AvgIpc) is 3.19. The topological polar surface area (TPSA) is 82.9 Å². The molecule has 2 aromatic rings. The van der Waals surface area contributed by atoms with Crippen LogP contribution in [0.4, 0.5) is 0 Å². The molecule has 0 aliphatic carbocycles. The Morgan fingerprint density at radius 1 is 1.22 bits per heavy atom. The molecule has 0 atom stereocenters. The molecule has 0 radical (unpaired) electrons. The molecule has 0 saturated carbocycles. The normalized spacial score (nSPS) is 16.4. The maximum Gasteiger partial charge on any atom is 0.287 e. The van der Waals surface area contributed by atoms with Crippen molar-refractivity contribution in [1.29, 1.82) is 0 Å². The Bertz CT molecular complexity index is 891. The van der Waals surface area contributed by atoms with Crippen molar-refractivity contribution in [3.63, 3.8) is 0 Å². The molecule has 0 bridgehead atoms. The Kier molecular flexibility index (Phi) is 6.36. The quantitative estimate of drug-likeness (QED) is 0.720. The summed E-state index contributed by atoms with van der Waals surface area (Å²) < 4.78 is 33.1. The van der Waals surface area contributed by atoms with E-state index < -0.39 is 10.0 Å². The maximum atomic E-state index is 12.8. The summed E-state index contributed by atoms with van der Waals surface area (Å²) in [4.78, 5) is 14.3. The minimum Gasteiger partial charge on any atom is -0.459 e. The van der Waals surface area contributed by atoms with Crippen LogP contribution in [0, 0.1) is 6.92 Å². The van der Waals surface area contributed by atoms with Crippen LogP contribution in [0.25, 0.3) is 0 Å². The van der Waals surface area contributed by atoms with E-state index in [4.69, 9.17) is 4.42 Å². The second-order valence-electron chi connectivity index (χ2n) is 6.39. The fraction of sp³-hybridized carbons (Fsp3) is 0.389. The van der Waals surface area contributed by atoms with Crippen molar-refractivity contribution in [3.05, 3.63) is 52.4 Å². The highest BCUT2D eigenvalue weighted by Gasteiger charge is 2.28. The Morgan fingerprint density at radius 2 is 1.96 bits per heavy atom. The number of nitrogens with one attached hydrogen (secondary N) is 1. The highest BCUT2D eigenvalue weighted by molar-refractivity contribution is 9.10. The molecule has 2 heterocycles. The lowest BCUT2D eigenvalue weighted by atomic mass is 10.2. The average molecular weight is 456 g/mol. The van der Waals surface area contributed by atoms with Crippen LogP contribution >= 0.6 is 15.9 Å². The summed E-state index contributed by atoms with van der Waals surface area (Å²) in [5.41, 5.74) is 0.891. The van der Waals surface area contributed by atoms with E-state index in [0.29, 0.717) is 44.2 Å². The molecule has 146 valence electrons. The summed E-state index contributed by atoms with van der Waals surface area (Å²) >= 11 is 3.40. The molecular weight excluding hydrogens is 434 g/mol. The van der Waals surface area contributed by atoms with Crippen molar-refractivity contribution in [3.8, 4) is 0 Å². The molecule has 1 aromatic carbocycles.